The van der Waals surface area contributed by atoms with Crippen LogP contribution in [0.3, 0.4) is 0 Å². The third-order valence-corrected chi connectivity index (χ3v) is 4.17. The van der Waals surface area contributed by atoms with Crippen LogP contribution < -0.4 is 5.73 Å². The van der Waals surface area contributed by atoms with E-state index in [1.165, 1.54) is 18.5 Å². The zero-order valence-electron chi connectivity index (χ0n) is 7.52. The minimum atomic E-state index is 0.471. The van der Waals surface area contributed by atoms with E-state index in [0.717, 1.165) is 12.5 Å². The number of nitrogens with two attached hydrogens (primary N) is 1. The van der Waals surface area contributed by atoms with E-state index in [1.54, 1.807) is 11.3 Å². The molecule has 1 aliphatic carbocycles. The molecule has 1 saturated carbocycles. The summed E-state index contributed by atoms with van der Waals surface area (Å²) in [6.45, 7) is 2.33. The smallest absolute Gasteiger partial charge is 0.0257 e. The number of rotatable bonds is 2. The summed E-state index contributed by atoms with van der Waals surface area (Å²) in [4.78, 5) is 2.54. The average molecular weight is 194 g/mol. The lowest BCUT2D eigenvalue weighted by molar-refractivity contribution is 0.208. The van der Waals surface area contributed by atoms with Gasteiger partial charge in [0, 0.05) is 25.2 Å². The summed E-state index contributed by atoms with van der Waals surface area (Å²) in [6.07, 6.45) is 1.34. The van der Waals surface area contributed by atoms with Crippen molar-refractivity contribution in [2.24, 2.45) is 11.7 Å². The van der Waals surface area contributed by atoms with Gasteiger partial charge in [-0.25, -0.2) is 0 Å². The Morgan fingerprint density at radius 2 is 2.54 bits per heavy atom. The quantitative estimate of drug-likeness (QED) is 0.768. The Balaban J connectivity index is 1.69. The highest BCUT2D eigenvalue weighted by Crippen LogP contribution is 2.40. The molecule has 3 heterocycles. The third kappa shape index (κ3) is 1.15. The molecule has 0 amide bonds. The predicted molar refractivity (Wildman–Crippen MR) is 54.6 cm³/mol. The summed E-state index contributed by atoms with van der Waals surface area (Å²) in [7, 11) is 0. The van der Waals surface area contributed by atoms with Gasteiger partial charge in [0.25, 0.3) is 0 Å². The van der Waals surface area contributed by atoms with Crippen molar-refractivity contribution in [1.29, 1.82) is 0 Å². The lowest BCUT2D eigenvalue weighted by atomic mass is 9.81. The minimum absolute atomic E-state index is 0.471. The first-order valence-corrected chi connectivity index (χ1v) is 5.79. The van der Waals surface area contributed by atoms with E-state index in [1.807, 2.05) is 0 Å². The average Bonchev–Trinajstić information content (AvgIpc) is 2.78. The molecule has 2 bridgehead atoms. The van der Waals surface area contributed by atoms with Gasteiger partial charge in [-0.1, -0.05) is 0 Å². The Kier molecular flexibility index (Phi) is 1.72. The van der Waals surface area contributed by atoms with Gasteiger partial charge >= 0.3 is 0 Å². The molecule has 3 unspecified atom stereocenters. The normalized spacial score (nSPS) is 37.8. The number of nitrogens with zero attached hydrogens (tertiary/aromatic N) is 1. The summed E-state index contributed by atoms with van der Waals surface area (Å²) < 4.78 is 0. The van der Waals surface area contributed by atoms with Gasteiger partial charge in [0.05, 0.1) is 0 Å². The second-order valence-corrected chi connectivity index (χ2v) is 4.98. The van der Waals surface area contributed by atoms with Crippen LogP contribution >= 0.6 is 11.3 Å². The molecular formula is C10H14N2S. The van der Waals surface area contributed by atoms with E-state index >= 15 is 0 Å². The molecule has 2 saturated heterocycles. The molecule has 2 nitrogen and oxygen atoms in total. The van der Waals surface area contributed by atoms with Gasteiger partial charge < -0.3 is 5.73 Å². The molecular weight excluding hydrogens is 180 g/mol. The van der Waals surface area contributed by atoms with Crippen molar-refractivity contribution in [3.63, 3.8) is 0 Å². The molecule has 2 aliphatic heterocycles. The van der Waals surface area contributed by atoms with Crippen LogP contribution in [0.2, 0.25) is 0 Å². The third-order valence-electron chi connectivity index (χ3n) is 3.44. The summed E-state index contributed by atoms with van der Waals surface area (Å²) in [5, 5.41) is 4.39. The molecule has 1 aromatic rings. The molecule has 2 N–H and O–H groups in total. The summed E-state index contributed by atoms with van der Waals surface area (Å²) in [6, 6.07) is 3.37. The minimum Gasteiger partial charge on any atom is -0.326 e. The van der Waals surface area contributed by atoms with Crippen molar-refractivity contribution in [3.8, 4) is 0 Å². The SMILES string of the molecule is NC1C2CC1N(Cc1ccsc1)C2. The van der Waals surface area contributed by atoms with Gasteiger partial charge in [-0.3, -0.25) is 4.90 Å². The van der Waals surface area contributed by atoms with Crippen molar-refractivity contribution in [2.45, 2.75) is 25.0 Å². The largest absolute Gasteiger partial charge is 0.326 e. The van der Waals surface area contributed by atoms with Crippen molar-refractivity contribution in [2.75, 3.05) is 6.54 Å². The van der Waals surface area contributed by atoms with E-state index in [9.17, 15) is 0 Å². The predicted octanol–water partition coefficient (Wildman–Crippen LogP) is 1.28. The maximum atomic E-state index is 6.01. The fourth-order valence-corrected chi connectivity index (χ4v) is 3.23. The molecule has 13 heavy (non-hydrogen) atoms. The maximum absolute atomic E-state index is 6.01. The van der Waals surface area contributed by atoms with Gasteiger partial charge in [-0.2, -0.15) is 11.3 Å². The summed E-state index contributed by atoms with van der Waals surface area (Å²) in [5.74, 6) is 0.795. The lowest BCUT2D eigenvalue weighted by Crippen LogP contribution is -2.49. The first-order chi connectivity index (χ1) is 6.34. The van der Waals surface area contributed by atoms with E-state index in [4.69, 9.17) is 5.73 Å². The molecule has 3 atom stereocenters. The number of hydrogen-bond donors (Lipinski definition) is 1. The number of fused-ring (bicyclic) bond motifs is 1. The van der Waals surface area contributed by atoms with Gasteiger partial charge in [0.2, 0.25) is 0 Å². The van der Waals surface area contributed by atoms with Crippen LogP contribution in [0.1, 0.15) is 12.0 Å². The zero-order valence-corrected chi connectivity index (χ0v) is 8.33. The van der Waals surface area contributed by atoms with Gasteiger partial charge in [0.15, 0.2) is 0 Å². The van der Waals surface area contributed by atoms with E-state index in [2.05, 4.69) is 21.7 Å². The van der Waals surface area contributed by atoms with Crippen LogP contribution in [-0.4, -0.2) is 23.5 Å². The van der Waals surface area contributed by atoms with Gasteiger partial charge in [-0.05, 0) is 34.7 Å². The van der Waals surface area contributed by atoms with Crippen LogP contribution in [0.15, 0.2) is 16.8 Å². The molecule has 3 fully saturated rings. The fourth-order valence-electron chi connectivity index (χ4n) is 2.57. The zero-order chi connectivity index (χ0) is 8.84. The standard InChI is InChI=1S/C10H14N2S/c11-10-8-3-9(10)12(5-8)4-7-1-2-13-6-7/h1-2,6,8-10H,3-5,11H2. The van der Waals surface area contributed by atoms with Crippen LogP contribution in [0.4, 0.5) is 0 Å². The summed E-state index contributed by atoms with van der Waals surface area (Å²) in [5.41, 5.74) is 7.46. The van der Waals surface area contributed by atoms with E-state index < -0.39 is 0 Å². The van der Waals surface area contributed by atoms with Gasteiger partial charge in [-0.15, -0.1) is 0 Å². The van der Waals surface area contributed by atoms with E-state index in [-0.39, 0.29) is 0 Å². The Bertz CT molecular complexity index is 296. The van der Waals surface area contributed by atoms with Crippen LogP contribution in [0.5, 0.6) is 0 Å². The molecule has 1 aromatic heterocycles. The first-order valence-electron chi connectivity index (χ1n) is 4.85. The Morgan fingerprint density at radius 1 is 1.62 bits per heavy atom. The van der Waals surface area contributed by atoms with Crippen LogP contribution in [0, 0.1) is 5.92 Å². The van der Waals surface area contributed by atoms with Crippen LogP contribution in [0.25, 0.3) is 0 Å². The Morgan fingerprint density at radius 3 is 3.08 bits per heavy atom. The monoisotopic (exact) mass is 194 g/mol. The molecule has 0 spiro atoms. The second-order valence-electron chi connectivity index (χ2n) is 4.20. The highest BCUT2D eigenvalue weighted by molar-refractivity contribution is 7.07. The molecule has 0 aromatic carbocycles. The summed E-state index contributed by atoms with van der Waals surface area (Å²) >= 11 is 1.78. The van der Waals surface area contributed by atoms with Crippen molar-refractivity contribution >= 4 is 11.3 Å². The molecule has 4 rings (SSSR count). The van der Waals surface area contributed by atoms with Gasteiger partial charge in [0.1, 0.15) is 0 Å². The van der Waals surface area contributed by atoms with Crippen molar-refractivity contribution in [3.05, 3.63) is 22.4 Å². The topological polar surface area (TPSA) is 29.3 Å². The van der Waals surface area contributed by atoms with Crippen molar-refractivity contribution in [1.82, 2.24) is 4.90 Å². The number of thiophene rings is 1. The second kappa shape index (κ2) is 2.80. The first kappa shape index (κ1) is 7.97. The number of hydrogen-bond acceptors (Lipinski definition) is 3. The highest BCUT2D eigenvalue weighted by atomic mass is 32.1. The Hall–Kier alpha value is -0.380. The molecule has 0 radical (unpaired) electrons. The lowest BCUT2D eigenvalue weighted by Gasteiger charge is -2.33. The molecule has 70 valence electrons. The van der Waals surface area contributed by atoms with Crippen molar-refractivity contribution < 1.29 is 0 Å². The van der Waals surface area contributed by atoms with E-state index in [0.29, 0.717) is 12.1 Å². The fraction of sp³-hybridized carbons (Fsp3) is 0.600. The molecule has 3 aliphatic rings. The maximum Gasteiger partial charge on any atom is 0.0257 e. The highest BCUT2D eigenvalue weighted by Gasteiger charge is 2.49. The molecule has 3 heteroatoms. The Labute approximate surface area is 82.3 Å². The van der Waals surface area contributed by atoms with Crippen LogP contribution in [-0.2, 0) is 6.54 Å².